The molecule has 0 amide bonds. The molecule has 2 aliphatic rings. The minimum absolute atomic E-state index is 0.306. The molecule has 1 saturated carbocycles. The Labute approximate surface area is 189 Å². The van der Waals surface area contributed by atoms with E-state index in [1.54, 1.807) is 17.4 Å². The monoisotopic (exact) mass is 457 g/mol. The first-order valence-corrected chi connectivity index (χ1v) is 11.9. The molecular weight excluding hydrogens is 433 g/mol. The molecule has 0 atom stereocenters. The second-order valence-electron chi connectivity index (χ2n) is 8.59. The Morgan fingerprint density at radius 3 is 2.53 bits per heavy atom. The van der Waals surface area contributed by atoms with Crippen molar-refractivity contribution in [1.29, 1.82) is 0 Å². The fourth-order valence-electron chi connectivity index (χ4n) is 4.80. The van der Waals surface area contributed by atoms with Gasteiger partial charge in [0.2, 0.25) is 0 Å². The van der Waals surface area contributed by atoms with Gasteiger partial charge in [-0.1, -0.05) is 25.0 Å². The summed E-state index contributed by atoms with van der Waals surface area (Å²) >= 11 is 1.57. The van der Waals surface area contributed by atoms with E-state index in [2.05, 4.69) is 21.6 Å². The summed E-state index contributed by atoms with van der Waals surface area (Å²) in [6.07, 6.45) is 6.60. The minimum atomic E-state index is -4.40. The SMILES string of the molecule is FC(F)(F)c1cccc(-c2nc(C3CCNCC3)sc2-c2n[c]ncc2C2CCCC2)c1. The Morgan fingerprint density at radius 1 is 1.00 bits per heavy atom. The smallest absolute Gasteiger partial charge is 0.317 e. The molecule has 1 saturated heterocycles. The van der Waals surface area contributed by atoms with E-state index in [1.807, 2.05) is 6.20 Å². The lowest BCUT2D eigenvalue weighted by atomic mass is 9.95. The van der Waals surface area contributed by atoms with Crippen molar-refractivity contribution in [1.82, 2.24) is 20.3 Å². The molecule has 167 valence electrons. The second kappa shape index (κ2) is 8.90. The molecule has 0 unspecified atom stereocenters. The molecule has 1 aliphatic heterocycles. The quantitative estimate of drug-likeness (QED) is 0.506. The molecule has 3 aromatic rings. The maximum Gasteiger partial charge on any atom is 0.416 e. The Kier molecular flexibility index (Phi) is 5.99. The van der Waals surface area contributed by atoms with Gasteiger partial charge in [-0.3, -0.25) is 0 Å². The lowest BCUT2D eigenvalue weighted by Crippen LogP contribution is -2.26. The predicted octanol–water partition coefficient (Wildman–Crippen LogP) is 6.21. The highest BCUT2D eigenvalue weighted by atomic mass is 32.1. The van der Waals surface area contributed by atoms with E-state index >= 15 is 0 Å². The molecule has 1 N–H and O–H groups in total. The van der Waals surface area contributed by atoms with Gasteiger partial charge in [0.25, 0.3) is 0 Å². The minimum Gasteiger partial charge on any atom is -0.317 e. The molecule has 1 radical (unpaired) electrons. The molecule has 0 spiro atoms. The van der Waals surface area contributed by atoms with Crippen LogP contribution in [0.3, 0.4) is 0 Å². The van der Waals surface area contributed by atoms with Crippen LogP contribution in [0.2, 0.25) is 0 Å². The van der Waals surface area contributed by atoms with Crippen molar-refractivity contribution in [3.05, 3.63) is 52.9 Å². The van der Waals surface area contributed by atoms with Crippen molar-refractivity contribution in [2.45, 2.75) is 56.5 Å². The first-order valence-electron chi connectivity index (χ1n) is 11.1. The summed E-state index contributed by atoms with van der Waals surface area (Å²) in [6, 6.07) is 5.46. The fourth-order valence-corrected chi connectivity index (χ4v) is 6.07. The van der Waals surface area contributed by atoms with E-state index in [0.717, 1.165) is 66.0 Å². The third-order valence-electron chi connectivity index (χ3n) is 6.50. The number of hydrogen-bond donors (Lipinski definition) is 1. The molecular formula is C24H24F3N4S. The van der Waals surface area contributed by atoms with E-state index in [0.29, 0.717) is 23.1 Å². The molecule has 5 rings (SSSR count). The second-order valence-corrected chi connectivity index (χ2v) is 9.62. The highest BCUT2D eigenvalue weighted by Gasteiger charge is 2.32. The number of hydrogen-bond acceptors (Lipinski definition) is 5. The highest BCUT2D eigenvalue weighted by Crippen LogP contribution is 2.45. The van der Waals surface area contributed by atoms with E-state index in [1.165, 1.54) is 25.0 Å². The van der Waals surface area contributed by atoms with Gasteiger partial charge >= 0.3 is 6.18 Å². The predicted molar refractivity (Wildman–Crippen MR) is 118 cm³/mol. The largest absolute Gasteiger partial charge is 0.416 e. The van der Waals surface area contributed by atoms with Crippen LogP contribution in [0.1, 0.15) is 66.5 Å². The topological polar surface area (TPSA) is 50.7 Å². The number of thiazole rings is 1. The summed E-state index contributed by atoms with van der Waals surface area (Å²) in [4.78, 5) is 14.4. The van der Waals surface area contributed by atoms with Gasteiger partial charge in [-0.15, -0.1) is 11.3 Å². The van der Waals surface area contributed by atoms with E-state index in [9.17, 15) is 13.2 Å². The molecule has 1 aromatic carbocycles. The number of alkyl halides is 3. The lowest BCUT2D eigenvalue weighted by Gasteiger charge is -2.20. The van der Waals surface area contributed by atoms with Crippen molar-refractivity contribution in [2.75, 3.05) is 13.1 Å². The first kappa shape index (κ1) is 21.5. The van der Waals surface area contributed by atoms with Crippen LogP contribution in [0.4, 0.5) is 13.2 Å². The van der Waals surface area contributed by atoms with Gasteiger partial charge < -0.3 is 5.32 Å². The van der Waals surface area contributed by atoms with Crippen molar-refractivity contribution in [3.63, 3.8) is 0 Å². The summed E-state index contributed by atoms with van der Waals surface area (Å²) in [5.74, 6) is 0.679. The standard InChI is InChI=1S/C24H24F3N4S/c25-24(26,27)18-7-3-6-17(12-18)20-22(32-23(31-20)16-8-10-28-11-9-16)21-19(13-29-14-30-21)15-4-1-2-5-15/h3,6-7,12-13,15-16,28H,1-2,4-5,8-11H2. The van der Waals surface area contributed by atoms with Gasteiger partial charge in [0.15, 0.2) is 6.33 Å². The number of piperidine rings is 1. The number of nitrogens with one attached hydrogen (secondary N) is 1. The maximum absolute atomic E-state index is 13.4. The van der Waals surface area contributed by atoms with Crippen LogP contribution in [0.5, 0.6) is 0 Å². The van der Waals surface area contributed by atoms with Gasteiger partial charge in [-0.05, 0) is 56.8 Å². The van der Waals surface area contributed by atoms with Crippen LogP contribution in [-0.2, 0) is 6.18 Å². The maximum atomic E-state index is 13.4. The third-order valence-corrected chi connectivity index (χ3v) is 7.73. The number of halogens is 3. The number of rotatable bonds is 4. The van der Waals surface area contributed by atoms with Crippen LogP contribution in [0, 0.1) is 6.33 Å². The molecule has 4 nitrogen and oxygen atoms in total. The molecule has 2 aromatic heterocycles. The zero-order valence-corrected chi connectivity index (χ0v) is 18.4. The summed E-state index contributed by atoms with van der Waals surface area (Å²) in [7, 11) is 0. The molecule has 32 heavy (non-hydrogen) atoms. The van der Waals surface area contributed by atoms with Crippen LogP contribution in [0.15, 0.2) is 30.5 Å². The van der Waals surface area contributed by atoms with Crippen LogP contribution < -0.4 is 5.32 Å². The van der Waals surface area contributed by atoms with Crippen LogP contribution >= 0.6 is 11.3 Å². The van der Waals surface area contributed by atoms with E-state index < -0.39 is 11.7 Å². The highest BCUT2D eigenvalue weighted by molar-refractivity contribution is 7.15. The Hall–Kier alpha value is -2.32. The molecule has 2 fully saturated rings. The lowest BCUT2D eigenvalue weighted by molar-refractivity contribution is -0.137. The normalized spacial score (nSPS) is 18.3. The van der Waals surface area contributed by atoms with Gasteiger partial charge in [-0.2, -0.15) is 13.2 Å². The molecule has 1 aliphatic carbocycles. The van der Waals surface area contributed by atoms with Crippen molar-refractivity contribution < 1.29 is 13.2 Å². The number of nitrogens with zero attached hydrogens (tertiary/aromatic N) is 3. The van der Waals surface area contributed by atoms with Crippen molar-refractivity contribution in [3.8, 4) is 21.8 Å². The van der Waals surface area contributed by atoms with Gasteiger partial charge in [0.1, 0.15) is 0 Å². The first-order chi connectivity index (χ1) is 15.5. The molecule has 0 bridgehead atoms. The Balaban J connectivity index is 1.65. The number of aromatic nitrogens is 3. The molecule has 3 heterocycles. The fraction of sp³-hybridized carbons (Fsp3) is 0.458. The Morgan fingerprint density at radius 2 is 1.78 bits per heavy atom. The van der Waals surface area contributed by atoms with Crippen molar-refractivity contribution in [2.24, 2.45) is 0 Å². The van der Waals surface area contributed by atoms with Gasteiger partial charge in [0, 0.05) is 23.2 Å². The zero-order chi connectivity index (χ0) is 22.1. The van der Waals surface area contributed by atoms with E-state index in [-0.39, 0.29) is 0 Å². The van der Waals surface area contributed by atoms with Crippen LogP contribution in [-0.4, -0.2) is 28.0 Å². The summed E-state index contributed by atoms with van der Waals surface area (Å²) in [6.45, 7) is 1.85. The average molecular weight is 458 g/mol. The zero-order valence-electron chi connectivity index (χ0n) is 17.6. The van der Waals surface area contributed by atoms with Gasteiger partial charge in [-0.25, -0.2) is 15.0 Å². The van der Waals surface area contributed by atoms with Crippen molar-refractivity contribution >= 4 is 11.3 Å². The van der Waals surface area contributed by atoms with Crippen LogP contribution in [0.25, 0.3) is 21.8 Å². The molecule has 8 heteroatoms. The Bertz CT molecular complexity index is 1080. The number of benzene rings is 1. The summed E-state index contributed by atoms with van der Waals surface area (Å²) < 4.78 is 40.3. The van der Waals surface area contributed by atoms with E-state index in [4.69, 9.17) is 4.98 Å². The van der Waals surface area contributed by atoms with Gasteiger partial charge in [0.05, 0.1) is 26.8 Å². The summed E-state index contributed by atoms with van der Waals surface area (Å²) in [5, 5.41) is 4.34. The summed E-state index contributed by atoms with van der Waals surface area (Å²) in [5.41, 5.74) is 2.23. The third kappa shape index (κ3) is 4.30. The average Bonchev–Trinajstić information content (AvgIpc) is 3.50.